The van der Waals surface area contributed by atoms with Crippen molar-refractivity contribution in [3.8, 4) is 0 Å². The lowest BCUT2D eigenvalue weighted by Gasteiger charge is -2.17. The number of halogens is 1. The number of fused-ring (bicyclic) bond motifs is 1. The van der Waals surface area contributed by atoms with Gasteiger partial charge in [0.25, 0.3) is 5.91 Å². The van der Waals surface area contributed by atoms with E-state index in [1.807, 2.05) is 19.1 Å². The second kappa shape index (κ2) is 7.25. The summed E-state index contributed by atoms with van der Waals surface area (Å²) in [5, 5.41) is 10.7. The Labute approximate surface area is 159 Å². The van der Waals surface area contributed by atoms with Crippen molar-refractivity contribution >= 4 is 44.5 Å². The molecule has 2 aromatic carbocycles. The second-order valence-corrected chi connectivity index (χ2v) is 6.94. The molecule has 7 nitrogen and oxygen atoms in total. The minimum atomic E-state index is -0.261. The zero-order valence-electron chi connectivity index (χ0n) is 14.7. The number of hydrogen-bond acceptors (Lipinski definition) is 4. The monoisotopic (exact) mass is 415 g/mol. The van der Waals surface area contributed by atoms with E-state index in [-0.39, 0.29) is 18.4 Å². The van der Waals surface area contributed by atoms with Crippen LogP contribution in [0.1, 0.15) is 15.9 Å². The predicted molar refractivity (Wildman–Crippen MR) is 103 cm³/mol. The molecule has 0 fully saturated rings. The van der Waals surface area contributed by atoms with Crippen LogP contribution in [0, 0.1) is 6.92 Å². The number of anilines is 1. The molecule has 0 atom stereocenters. The first-order valence-electron chi connectivity index (χ1n) is 7.96. The Morgan fingerprint density at radius 1 is 1.23 bits per heavy atom. The average Bonchev–Trinajstić information content (AvgIpc) is 2.98. The molecule has 8 heteroatoms. The van der Waals surface area contributed by atoms with E-state index in [1.54, 1.807) is 43.0 Å². The Hall–Kier alpha value is -2.74. The number of nitrogens with zero attached hydrogens (tertiary/aromatic N) is 4. The zero-order valence-corrected chi connectivity index (χ0v) is 16.2. The van der Waals surface area contributed by atoms with Crippen molar-refractivity contribution in [2.75, 3.05) is 18.9 Å². The number of rotatable bonds is 4. The predicted octanol–water partition coefficient (Wildman–Crippen LogP) is 2.75. The molecule has 3 rings (SSSR count). The van der Waals surface area contributed by atoms with Gasteiger partial charge in [0.05, 0.1) is 12.1 Å². The number of nitrogens with one attached hydrogen (secondary N) is 1. The number of carbonyl (C=O) groups excluding carboxylic acids is 2. The quantitative estimate of drug-likeness (QED) is 0.710. The molecular formula is C18H18BrN5O2. The van der Waals surface area contributed by atoms with Gasteiger partial charge in [-0.1, -0.05) is 21.1 Å². The lowest BCUT2D eigenvalue weighted by Crippen LogP contribution is -2.34. The SMILES string of the molecule is Cc1cc(NC(=O)CN(C)C(=O)c2ccc3c(c2)nnn3C)ccc1Br. The van der Waals surface area contributed by atoms with Gasteiger partial charge in [0, 0.05) is 29.8 Å². The summed E-state index contributed by atoms with van der Waals surface area (Å²) in [6.07, 6.45) is 0. The van der Waals surface area contributed by atoms with Crippen molar-refractivity contribution in [3.63, 3.8) is 0 Å². The molecular weight excluding hydrogens is 398 g/mol. The van der Waals surface area contributed by atoms with Gasteiger partial charge in [-0.2, -0.15) is 0 Å². The maximum absolute atomic E-state index is 12.6. The highest BCUT2D eigenvalue weighted by Gasteiger charge is 2.16. The van der Waals surface area contributed by atoms with Gasteiger partial charge >= 0.3 is 0 Å². The summed E-state index contributed by atoms with van der Waals surface area (Å²) in [5.41, 5.74) is 3.66. The zero-order chi connectivity index (χ0) is 18.8. The summed E-state index contributed by atoms with van der Waals surface area (Å²) >= 11 is 3.42. The summed E-state index contributed by atoms with van der Waals surface area (Å²) in [4.78, 5) is 26.2. The largest absolute Gasteiger partial charge is 0.332 e. The number of carbonyl (C=O) groups is 2. The lowest BCUT2D eigenvalue weighted by molar-refractivity contribution is -0.116. The standard InChI is InChI=1S/C18H18BrN5O2/c1-11-8-13(5-6-14(11)19)20-17(25)10-23(2)18(26)12-4-7-16-15(9-12)21-22-24(16)3/h4-9H,10H2,1-3H3,(H,20,25). The number of amides is 2. The molecule has 134 valence electrons. The van der Waals surface area contributed by atoms with Crippen molar-refractivity contribution < 1.29 is 9.59 Å². The van der Waals surface area contributed by atoms with Crippen molar-refractivity contribution in [3.05, 3.63) is 52.0 Å². The van der Waals surface area contributed by atoms with E-state index in [1.165, 1.54) is 4.90 Å². The van der Waals surface area contributed by atoms with Crippen LogP contribution in [0.2, 0.25) is 0 Å². The normalized spacial score (nSPS) is 10.8. The fourth-order valence-electron chi connectivity index (χ4n) is 2.60. The van der Waals surface area contributed by atoms with E-state index in [4.69, 9.17) is 0 Å². The van der Waals surface area contributed by atoms with Crippen LogP contribution in [-0.2, 0) is 11.8 Å². The van der Waals surface area contributed by atoms with Crippen molar-refractivity contribution in [1.82, 2.24) is 19.9 Å². The third kappa shape index (κ3) is 3.75. The molecule has 1 heterocycles. The van der Waals surface area contributed by atoms with Gasteiger partial charge in [0.15, 0.2) is 0 Å². The van der Waals surface area contributed by atoms with Crippen molar-refractivity contribution in [1.29, 1.82) is 0 Å². The molecule has 0 saturated heterocycles. The molecule has 0 saturated carbocycles. The first kappa shape index (κ1) is 18.1. The Morgan fingerprint density at radius 2 is 2.00 bits per heavy atom. The molecule has 2 amide bonds. The van der Waals surface area contributed by atoms with Gasteiger partial charge in [-0.3, -0.25) is 9.59 Å². The van der Waals surface area contributed by atoms with Crippen LogP contribution in [0.15, 0.2) is 40.9 Å². The van der Waals surface area contributed by atoms with Crippen LogP contribution in [0.4, 0.5) is 5.69 Å². The van der Waals surface area contributed by atoms with Crippen molar-refractivity contribution in [2.24, 2.45) is 7.05 Å². The van der Waals surface area contributed by atoms with E-state index >= 15 is 0 Å². The van der Waals surface area contributed by atoms with Gasteiger partial charge in [0.1, 0.15) is 5.52 Å². The smallest absolute Gasteiger partial charge is 0.254 e. The van der Waals surface area contributed by atoms with Crippen LogP contribution >= 0.6 is 15.9 Å². The topological polar surface area (TPSA) is 80.1 Å². The summed E-state index contributed by atoms with van der Waals surface area (Å²) < 4.78 is 2.61. The molecule has 0 spiro atoms. The van der Waals surface area contributed by atoms with Crippen LogP contribution in [-0.4, -0.2) is 45.3 Å². The number of likely N-dealkylation sites (N-methyl/N-ethyl adjacent to an activating group) is 1. The molecule has 0 bridgehead atoms. The van der Waals surface area contributed by atoms with Crippen LogP contribution < -0.4 is 5.32 Å². The van der Waals surface area contributed by atoms with Gasteiger partial charge in [-0.25, -0.2) is 4.68 Å². The molecule has 0 aliphatic heterocycles. The summed E-state index contributed by atoms with van der Waals surface area (Å²) in [7, 11) is 3.38. The molecule has 3 aromatic rings. The van der Waals surface area contributed by atoms with E-state index in [0.29, 0.717) is 16.8 Å². The van der Waals surface area contributed by atoms with Crippen LogP contribution in [0.25, 0.3) is 11.0 Å². The maximum atomic E-state index is 12.6. The van der Waals surface area contributed by atoms with Gasteiger partial charge in [-0.05, 0) is 48.9 Å². The first-order valence-corrected chi connectivity index (χ1v) is 8.75. The third-order valence-corrected chi connectivity index (χ3v) is 4.92. The van der Waals surface area contributed by atoms with E-state index < -0.39 is 0 Å². The minimum absolute atomic E-state index is 0.0492. The second-order valence-electron chi connectivity index (χ2n) is 6.09. The van der Waals surface area contributed by atoms with E-state index in [9.17, 15) is 9.59 Å². The van der Waals surface area contributed by atoms with Crippen LogP contribution in [0.3, 0.4) is 0 Å². The number of aryl methyl sites for hydroxylation is 2. The third-order valence-electron chi connectivity index (χ3n) is 4.03. The summed E-state index contributed by atoms with van der Waals surface area (Å²) in [5.74, 6) is -0.511. The molecule has 0 aliphatic rings. The fraction of sp³-hybridized carbons (Fsp3) is 0.222. The average molecular weight is 416 g/mol. The molecule has 1 aromatic heterocycles. The number of benzene rings is 2. The molecule has 0 aliphatic carbocycles. The van der Waals surface area contributed by atoms with Gasteiger partial charge in [-0.15, -0.1) is 5.10 Å². The molecule has 0 radical (unpaired) electrons. The van der Waals surface area contributed by atoms with Crippen molar-refractivity contribution in [2.45, 2.75) is 6.92 Å². The Morgan fingerprint density at radius 3 is 2.73 bits per heavy atom. The highest BCUT2D eigenvalue weighted by atomic mass is 79.9. The molecule has 26 heavy (non-hydrogen) atoms. The number of aromatic nitrogens is 3. The fourth-order valence-corrected chi connectivity index (χ4v) is 2.85. The molecule has 1 N–H and O–H groups in total. The van der Waals surface area contributed by atoms with Crippen LogP contribution in [0.5, 0.6) is 0 Å². The lowest BCUT2D eigenvalue weighted by atomic mass is 10.1. The minimum Gasteiger partial charge on any atom is -0.332 e. The Balaban J connectivity index is 1.67. The highest BCUT2D eigenvalue weighted by Crippen LogP contribution is 2.20. The summed E-state index contributed by atoms with van der Waals surface area (Å²) in [6, 6.07) is 10.7. The Kier molecular flexibility index (Phi) is 5.03. The van der Waals surface area contributed by atoms with Gasteiger partial charge < -0.3 is 10.2 Å². The first-order chi connectivity index (χ1) is 12.3. The highest BCUT2D eigenvalue weighted by molar-refractivity contribution is 9.10. The number of hydrogen-bond donors (Lipinski definition) is 1. The summed E-state index contributed by atoms with van der Waals surface area (Å²) in [6.45, 7) is 1.89. The van der Waals surface area contributed by atoms with E-state index in [2.05, 4.69) is 31.6 Å². The Bertz CT molecular complexity index is 998. The molecule has 0 unspecified atom stereocenters. The maximum Gasteiger partial charge on any atom is 0.254 e. The van der Waals surface area contributed by atoms with E-state index in [0.717, 1.165) is 15.6 Å². The van der Waals surface area contributed by atoms with Gasteiger partial charge in [0.2, 0.25) is 5.91 Å².